The first-order valence-electron chi connectivity index (χ1n) is 4.93. The minimum absolute atomic E-state index is 0.228. The van der Waals surface area contributed by atoms with Gasteiger partial charge in [-0.2, -0.15) is 13.2 Å². The van der Waals surface area contributed by atoms with Crippen LogP contribution in [0.3, 0.4) is 0 Å². The zero-order chi connectivity index (χ0) is 11.1. The second kappa shape index (κ2) is 2.32. The predicted molar refractivity (Wildman–Crippen MR) is 43.4 cm³/mol. The third-order valence-electron chi connectivity index (χ3n) is 3.94. The summed E-state index contributed by atoms with van der Waals surface area (Å²) in [5, 5.41) is 2.77. The third-order valence-corrected chi connectivity index (χ3v) is 3.94. The summed E-state index contributed by atoms with van der Waals surface area (Å²) in [6.07, 6.45) is -5.61. The molecule has 0 aromatic rings. The van der Waals surface area contributed by atoms with E-state index in [9.17, 15) is 13.2 Å². The molecule has 0 radical (unpaired) electrons. The van der Waals surface area contributed by atoms with Gasteiger partial charge in [0.05, 0.1) is 11.7 Å². The van der Waals surface area contributed by atoms with Crippen molar-refractivity contribution in [2.24, 2.45) is 11.7 Å². The number of piperidine rings is 1. The highest BCUT2D eigenvalue weighted by atomic mass is 19.4. The molecule has 0 spiro atoms. The molecule has 1 aliphatic carbocycles. The smallest absolute Gasteiger partial charge is 0.355 e. The Bertz CT molecular complexity index is 323. The fourth-order valence-corrected chi connectivity index (χ4v) is 3.40. The predicted octanol–water partition coefficient (Wildman–Crippen LogP) is -1.43. The lowest BCUT2D eigenvalue weighted by Gasteiger charge is -2.64. The zero-order valence-corrected chi connectivity index (χ0v) is 7.97. The van der Waals surface area contributed by atoms with Gasteiger partial charge in [0.2, 0.25) is 0 Å². The second-order valence-electron chi connectivity index (χ2n) is 4.76. The number of ether oxygens (including phenoxy) is 1. The van der Waals surface area contributed by atoms with Crippen molar-refractivity contribution in [2.75, 3.05) is 6.54 Å². The Morgan fingerprint density at radius 1 is 1.53 bits per heavy atom. The molecule has 2 aliphatic heterocycles. The SMILES string of the molecule is NC12CC3(C[NH3+])OC(C(F)(F)F)C(N1)C23. The fraction of sp³-hybridized carbons (Fsp3) is 1.00. The van der Waals surface area contributed by atoms with E-state index in [1.165, 1.54) is 0 Å². The molecule has 5 unspecified atom stereocenters. The first-order valence-corrected chi connectivity index (χ1v) is 4.93. The van der Waals surface area contributed by atoms with E-state index in [0.717, 1.165) is 0 Å². The number of hydrogen-bond donors (Lipinski definition) is 3. The van der Waals surface area contributed by atoms with Crippen molar-refractivity contribution in [3.63, 3.8) is 0 Å². The lowest BCUT2D eigenvalue weighted by molar-refractivity contribution is -0.424. The first kappa shape index (κ1) is 9.83. The van der Waals surface area contributed by atoms with Crippen LogP contribution in [0, 0.1) is 5.92 Å². The van der Waals surface area contributed by atoms with Gasteiger partial charge in [-0.05, 0) is 0 Å². The van der Waals surface area contributed by atoms with Gasteiger partial charge in [-0.1, -0.05) is 0 Å². The molecule has 3 fully saturated rings. The Morgan fingerprint density at radius 3 is 2.60 bits per heavy atom. The van der Waals surface area contributed by atoms with E-state index < -0.39 is 29.6 Å². The fourth-order valence-electron chi connectivity index (χ4n) is 3.40. The molecule has 15 heavy (non-hydrogen) atoms. The van der Waals surface area contributed by atoms with Crippen LogP contribution in [-0.4, -0.2) is 36.1 Å². The first-order chi connectivity index (χ1) is 6.82. The molecular formula is C8H13F3N3O+. The van der Waals surface area contributed by atoms with Crippen LogP contribution in [0.1, 0.15) is 6.42 Å². The number of nitrogens with two attached hydrogens (primary N) is 1. The summed E-state index contributed by atoms with van der Waals surface area (Å²) in [4.78, 5) is 0. The van der Waals surface area contributed by atoms with E-state index in [2.05, 4.69) is 11.1 Å². The van der Waals surface area contributed by atoms with Gasteiger partial charge < -0.3 is 16.2 Å². The summed E-state index contributed by atoms with van der Waals surface area (Å²) in [6.45, 7) is 0.349. The van der Waals surface area contributed by atoms with Gasteiger partial charge in [-0.3, -0.25) is 5.32 Å². The van der Waals surface area contributed by atoms with Crippen molar-refractivity contribution < 1.29 is 23.6 Å². The number of alkyl halides is 3. The van der Waals surface area contributed by atoms with Crippen LogP contribution in [0.5, 0.6) is 0 Å². The monoisotopic (exact) mass is 224 g/mol. The van der Waals surface area contributed by atoms with E-state index in [-0.39, 0.29) is 5.92 Å². The summed E-state index contributed by atoms with van der Waals surface area (Å²) in [5.74, 6) is -0.228. The highest BCUT2D eigenvalue weighted by molar-refractivity contribution is 5.31. The van der Waals surface area contributed by atoms with E-state index in [4.69, 9.17) is 10.5 Å². The number of nitrogens with one attached hydrogen (secondary N) is 1. The highest BCUT2D eigenvalue weighted by Crippen LogP contribution is 2.62. The molecule has 2 saturated heterocycles. The van der Waals surface area contributed by atoms with Crippen molar-refractivity contribution in [1.82, 2.24) is 5.32 Å². The van der Waals surface area contributed by atoms with Crippen molar-refractivity contribution in [3.8, 4) is 0 Å². The van der Waals surface area contributed by atoms with E-state index >= 15 is 0 Å². The van der Waals surface area contributed by atoms with Crippen LogP contribution in [0.2, 0.25) is 0 Å². The molecule has 3 rings (SSSR count). The number of rotatable bonds is 1. The van der Waals surface area contributed by atoms with E-state index in [1.54, 1.807) is 0 Å². The van der Waals surface area contributed by atoms with Crippen molar-refractivity contribution in [2.45, 2.75) is 36.0 Å². The molecule has 1 saturated carbocycles. The number of hydrogen-bond acceptors (Lipinski definition) is 3. The van der Waals surface area contributed by atoms with Gasteiger partial charge >= 0.3 is 6.18 Å². The quantitative estimate of drug-likeness (QED) is 0.511. The summed E-state index contributed by atoms with van der Waals surface area (Å²) in [7, 11) is 0. The summed E-state index contributed by atoms with van der Waals surface area (Å²) in [6, 6.07) is -0.675. The van der Waals surface area contributed by atoms with Gasteiger partial charge in [0.15, 0.2) is 6.10 Å². The van der Waals surface area contributed by atoms with Crippen LogP contribution in [0.4, 0.5) is 13.2 Å². The second-order valence-corrected chi connectivity index (χ2v) is 4.76. The zero-order valence-electron chi connectivity index (χ0n) is 7.97. The van der Waals surface area contributed by atoms with Gasteiger partial charge in [-0.25, -0.2) is 0 Å². The lowest BCUT2D eigenvalue weighted by atomic mass is 9.53. The molecule has 0 bridgehead atoms. The summed E-state index contributed by atoms with van der Waals surface area (Å²) >= 11 is 0. The Morgan fingerprint density at radius 2 is 2.20 bits per heavy atom. The van der Waals surface area contributed by atoms with Crippen LogP contribution >= 0.6 is 0 Å². The Labute approximate surface area is 84.1 Å². The average molecular weight is 224 g/mol. The molecular weight excluding hydrogens is 211 g/mol. The molecule has 0 amide bonds. The Hall–Kier alpha value is -0.370. The van der Waals surface area contributed by atoms with Crippen LogP contribution < -0.4 is 16.8 Å². The minimum Gasteiger partial charge on any atom is -0.355 e. The van der Waals surface area contributed by atoms with Crippen molar-refractivity contribution in [1.29, 1.82) is 0 Å². The molecule has 86 valence electrons. The van der Waals surface area contributed by atoms with Crippen LogP contribution in [-0.2, 0) is 4.74 Å². The Kier molecular flexibility index (Phi) is 1.52. The average Bonchev–Trinajstić information content (AvgIpc) is 2.20. The number of quaternary nitrogens is 1. The van der Waals surface area contributed by atoms with Crippen LogP contribution in [0.15, 0.2) is 0 Å². The molecule has 3 aliphatic rings. The van der Waals surface area contributed by atoms with E-state index in [0.29, 0.717) is 13.0 Å². The molecule has 5 atom stereocenters. The normalized spacial score (nSPS) is 57.0. The topological polar surface area (TPSA) is 74.9 Å². The lowest BCUT2D eigenvalue weighted by Crippen LogP contribution is -2.91. The van der Waals surface area contributed by atoms with Gasteiger partial charge in [0.1, 0.15) is 12.1 Å². The highest BCUT2D eigenvalue weighted by Gasteiger charge is 2.81. The standard InChI is InChI=1S/C8H12F3N3O/c9-8(10,11)5-3-4-6(2-12,15-5)1-7(4,13)14-3/h3-5,14H,1-2,12-13H2/p+1. The molecule has 4 nitrogen and oxygen atoms in total. The maximum Gasteiger partial charge on any atom is 0.416 e. The molecule has 6 N–H and O–H groups in total. The van der Waals surface area contributed by atoms with Crippen LogP contribution in [0.25, 0.3) is 0 Å². The Balaban J connectivity index is 1.90. The number of halogens is 3. The maximum absolute atomic E-state index is 12.6. The van der Waals surface area contributed by atoms with Gasteiger partial charge in [0.25, 0.3) is 0 Å². The minimum atomic E-state index is -4.32. The maximum atomic E-state index is 12.6. The molecule has 0 aromatic carbocycles. The van der Waals surface area contributed by atoms with Gasteiger partial charge in [-0.15, -0.1) is 0 Å². The van der Waals surface area contributed by atoms with Crippen molar-refractivity contribution >= 4 is 0 Å². The molecule has 2 heterocycles. The third kappa shape index (κ3) is 0.926. The van der Waals surface area contributed by atoms with E-state index in [1.807, 2.05) is 0 Å². The molecule has 7 heteroatoms. The largest absolute Gasteiger partial charge is 0.416 e. The summed E-state index contributed by atoms with van der Waals surface area (Å²) < 4.78 is 43.0. The molecule has 0 aromatic heterocycles. The van der Waals surface area contributed by atoms with Crippen molar-refractivity contribution in [3.05, 3.63) is 0 Å². The van der Waals surface area contributed by atoms with Gasteiger partial charge in [0, 0.05) is 12.3 Å². The summed E-state index contributed by atoms with van der Waals surface area (Å²) in [5.41, 5.74) is 8.15.